The number of nitrogen functional groups attached to an aromatic ring is 1. The largest absolute Gasteiger partial charge is 0.398 e. The average Bonchev–Trinajstić information content (AvgIpc) is 2.32. The van der Waals surface area contributed by atoms with Crippen molar-refractivity contribution in [2.24, 2.45) is 7.05 Å². The zero-order valence-corrected chi connectivity index (χ0v) is 10.5. The van der Waals surface area contributed by atoms with Gasteiger partial charge in [-0.1, -0.05) is 0 Å². The molecule has 2 rings (SSSR count). The van der Waals surface area contributed by atoms with Gasteiger partial charge in [-0.25, -0.2) is 9.97 Å². The van der Waals surface area contributed by atoms with E-state index in [4.69, 9.17) is 5.73 Å². The maximum absolute atomic E-state index is 11.5. The SMILES string of the molecule is CC(=O)Nc1cc(N)c(-c2cc(=O)n(C)cn2)cn1. The van der Waals surface area contributed by atoms with E-state index >= 15 is 0 Å². The van der Waals surface area contributed by atoms with Crippen LogP contribution in [0.5, 0.6) is 0 Å². The Labute approximate surface area is 109 Å². The Kier molecular flexibility index (Phi) is 3.28. The minimum absolute atomic E-state index is 0.185. The van der Waals surface area contributed by atoms with Gasteiger partial charge in [0.15, 0.2) is 0 Å². The van der Waals surface area contributed by atoms with E-state index in [1.54, 1.807) is 7.05 Å². The van der Waals surface area contributed by atoms with Crippen molar-refractivity contribution in [3.8, 4) is 11.3 Å². The smallest absolute Gasteiger partial charge is 0.253 e. The highest BCUT2D eigenvalue weighted by atomic mass is 16.1. The van der Waals surface area contributed by atoms with Crippen molar-refractivity contribution >= 4 is 17.4 Å². The lowest BCUT2D eigenvalue weighted by molar-refractivity contribution is -0.114. The Hall–Kier alpha value is -2.70. The number of anilines is 2. The molecular formula is C12H13N5O2. The topological polar surface area (TPSA) is 103 Å². The Morgan fingerprint density at radius 2 is 2.11 bits per heavy atom. The van der Waals surface area contributed by atoms with Crippen molar-refractivity contribution < 1.29 is 4.79 Å². The Bertz CT molecular complexity index is 693. The number of hydrogen-bond acceptors (Lipinski definition) is 5. The summed E-state index contributed by atoms with van der Waals surface area (Å²) in [6.45, 7) is 1.38. The quantitative estimate of drug-likeness (QED) is 0.811. The van der Waals surface area contributed by atoms with Gasteiger partial charge in [-0.05, 0) is 0 Å². The number of amides is 1. The zero-order chi connectivity index (χ0) is 14.0. The van der Waals surface area contributed by atoms with E-state index in [1.807, 2.05) is 0 Å². The molecule has 0 aromatic carbocycles. The summed E-state index contributed by atoms with van der Waals surface area (Å²) in [5.74, 6) is 0.129. The van der Waals surface area contributed by atoms with Crippen LogP contribution in [0.15, 0.2) is 29.5 Å². The maximum Gasteiger partial charge on any atom is 0.253 e. The third kappa shape index (κ3) is 2.76. The first-order valence-corrected chi connectivity index (χ1v) is 5.53. The third-order valence-electron chi connectivity index (χ3n) is 2.49. The predicted octanol–water partition coefficient (Wildman–Crippen LogP) is 0.383. The van der Waals surface area contributed by atoms with Gasteiger partial charge < -0.3 is 15.6 Å². The van der Waals surface area contributed by atoms with Crippen LogP contribution in [0.2, 0.25) is 0 Å². The number of rotatable bonds is 2. The number of hydrogen-bond donors (Lipinski definition) is 2. The van der Waals surface area contributed by atoms with Crippen LogP contribution in [0.25, 0.3) is 11.3 Å². The van der Waals surface area contributed by atoms with E-state index < -0.39 is 0 Å². The monoisotopic (exact) mass is 259 g/mol. The fourth-order valence-electron chi connectivity index (χ4n) is 1.54. The molecule has 0 saturated heterocycles. The molecule has 2 heterocycles. The van der Waals surface area contributed by atoms with Gasteiger partial charge in [0.1, 0.15) is 5.82 Å². The second kappa shape index (κ2) is 4.89. The summed E-state index contributed by atoms with van der Waals surface area (Å²) in [5.41, 5.74) is 7.08. The summed E-state index contributed by atoms with van der Waals surface area (Å²) in [7, 11) is 1.61. The molecular weight excluding hydrogens is 246 g/mol. The number of aryl methyl sites for hydroxylation is 1. The lowest BCUT2D eigenvalue weighted by atomic mass is 10.1. The minimum atomic E-state index is -0.230. The molecule has 7 nitrogen and oxygen atoms in total. The van der Waals surface area contributed by atoms with Gasteiger partial charge in [0.05, 0.1) is 12.0 Å². The molecule has 98 valence electrons. The van der Waals surface area contributed by atoms with Gasteiger partial charge in [-0.2, -0.15) is 0 Å². The van der Waals surface area contributed by atoms with Gasteiger partial charge in [0, 0.05) is 43.6 Å². The van der Waals surface area contributed by atoms with Crippen molar-refractivity contribution in [1.29, 1.82) is 0 Å². The highest BCUT2D eigenvalue weighted by molar-refractivity contribution is 5.89. The van der Waals surface area contributed by atoms with Crippen LogP contribution >= 0.6 is 0 Å². The Morgan fingerprint density at radius 3 is 2.68 bits per heavy atom. The molecule has 0 atom stereocenters. The summed E-state index contributed by atoms with van der Waals surface area (Å²) < 4.78 is 1.36. The molecule has 2 aromatic rings. The van der Waals surface area contributed by atoms with Crippen molar-refractivity contribution in [3.63, 3.8) is 0 Å². The number of nitrogens with two attached hydrogens (primary N) is 1. The fourth-order valence-corrected chi connectivity index (χ4v) is 1.54. The lowest BCUT2D eigenvalue weighted by Crippen LogP contribution is -2.16. The molecule has 0 radical (unpaired) electrons. The van der Waals surface area contributed by atoms with E-state index in [0.717, 1.165) is 0 Å². The van der Waals surface area contributed by atoms with Gasteiger partial charge in [-0.15, -0.1) is 0 Å². The van der Waals surface area contributed by atoms with Crippen LogP contribution < -0.4 is 16.6 Å². The first kappa shape index (κ1) is 12.7. The van der Waals surface area contributed by atoms with Crippen LogP contribution in [-0.4, -0.2) is 20.4 Å². The summed E-state index contributed by atoms with van der Waals surface area (Å²) in [5, 5.41) is 2.53. The average molecular weight is 259 g/mol. The predicted molar refractivity (Wildman–Crippen MR) is 71.4 cm³/mol. The molecule has 0 aliphatic carbocycles. The van der Waals surface area contributed by atoms with Gasteiger partial charge >= 0.3 is 0 Å². The lowest BCUT2D eigenvalue weighted by Gasteiger charge is -2.07. The van der Waals surface area contributed by atoms with Crippen LogP contribution in [0, 0.1) is 0 Å². The van der Waals surface area contributed by atoms with Crippen molar-refractivity contribution in [1.82, 2.24) is 14.5 Å². The molecule has 19 heavy (non-hydrogen) atoms. The van der Waals surface area contributed by atoms with Crippen molar-refractivity contribution in [2.45, 2.75) is 6.92 Å². The molecule has 0 fully saturated rings. The Morgan fingerprint density at radius 1 is 1.37 bits per heavy atom. The maximum atomic E-state index is 11.5. The number of aromatic nitrogens is 3. The molecule has 0 aliphatic rings. The first-order valence-electron chi connectivity index (χ1n) is 5.53. The van der Waals surface area contributed by atoms with Gasteiger partial charge in [0.2, 0.25) is 5.91 Å². The van der Waals surface area contributed by atoms with Crippen LogP contribution in [0.3, 0.4) is 0 Å². The second-order valence-corrected chi connectivity index (χ2v) is 4.06. The zero-order valence-electron chi connectivity index (χ0n) is 10.5. The van der Waals surface area contributed by atoms with Crippen LogP contribution in [0.1, 0.15) is 6.92 Å². The molecule has 0 saturated carbocycles. The number of pyridine rings is 1. The van der Waals surface area contributed by atoms with Crippen molar-refractivity contribution in [2.75, 3.05) is 11.1 Å². The van der Waals surface area contributed by atoms with Crippen LogP contribution in [-0.2, 0) is 11.8 Å². The molecule has 3 N–H and O–H groups in total. The molecule has 1 amide bonds. The summed E-state index contributed by atoms with van der Waals surface area (Å²) in [6.07, 6.45) is 2.89. The van der Waals surface area contributed by atoms with Gasteiger partial charge in [0.25, 0.3) is 5.56 Å². The van der Waals surface area contributed by atoms with E-state index in [9.17, 15) is 9.59 Å². The highest BCUT2D eigenvalue weighted by Gasteiger charge is 2.08. The van der Waals surface area contributed by atoms with Gasteiger partial charge in [-0.3, -0.25) is 9.59 Å². The molecule has 7 heteroatoms. The summed E-state index contributed by atoms with van der Waals surface area (Å²) >= 11 is 0. The number of carbonyl (C=O) groups excluding carboxylic acids is 1. The number of carbonyl (C=O) groups is 1. The van der Waals surface area contributed by atoms with E-state index in [0.29, 0.717) is 22.8 Å². The molecule has 0 spiro atoms. The van der Waals surface area contributed by atoms with E-state index in [-0.39, 0.29) is 11.5 Å². The molecule has 0 unspecified atom stereocenters. The number of nitrogens with one attached hydrogen (secondary N) is 1. The first-order chi connectivity index (χ1) is 8.97. The third-order valence-corrected chi connectivity index (χ3v) is 2.49. The molecule has 0 bridgehead atoms. The fraction of sp³-hybridized carbons (Fsp3) is 0.167. The van der Waals surface area contributed by atoms with Crippen LogP contribution in [0.4, 0.5) is 11.5 Å². The number of nitrogens with zero attached hydrogens (tertiary/aromatic N) is 3. The second-order valence-electron chi connectivity index (χ2n) is 4.06. The standard InChI is InChI=1S/C12H13N5O2/c1-7(18)16-11-3-9(13)8(5-14-11)10-4-12(19)17(2)6-15-10/h3-6H,1-2H3,(H3,13,14,16,18). The van der Waals surface area contributed by atoms with E-state index in [1.165, 1.54) is 36.1 Å². The summed E-state index contributed by atoms with van der Waals surface area (Å²) in [6, 6.07) is 2.90. The van der Waals surface area contributed by atoms with Crippen molar-refractivity contribution in [3.05, 3.63) is 35.0 Å². The normalized spacial score (nSPS) is 10.2. The van der Waals surface area contributed by atoms with E-state index in [2.05, 4.69) is 15.3 Å². The highest BCUT2D eigenvalue weighted by Crippen LogP contribution is 2.24. The molecule has 0 aliphatic heterocycles. The minimum Gasteiger partial charge on any atom is -0.398 e. The Balaban J connectivity index is 2.43. The summed E-state index contributed by atoms with van der Waals surface area (Å²) in [4.78, 5) is 30.6. The molecule has 2 aromatic heterocycles.